The van der Waals surface area contributed by atoms with Crippen molar-refractivity contribution in [1.29, 1.82) is 0 Å². The van der Waals surface area contributed by atoms with E-state index in [1.54, 1.807) is 11.9 Å². The highest BCUT2D eigenvalue weighted by Crippen LogP contribution is 2.14. The van der Waals surface area contributed by atoms with Crippen LogP contribution in [0.5, 0.6) is 0 Å². The van der Waals surface area contributed by atoms with E-state index < -0.39 is 11.6 Å². The molecule has 0 unspecified atom stereocenters. The van der Waals surface area contributed by atoms with Gasteiger partial charge in [-0.25, -0.2) is 8.78 Å². The Labute approximate surface area is 122 Å². The number of ketones is 1. The predicted molar refractivity (Wildman–Crippen MR) is 77.3 cm³/mol. The van der Waals surface area contributed by atoms with Crippen LogP contribution in [0.25, 0.3) is 0 Å². The number of halogens is 2. The number of H-pyrrole nitrogens is 1. The lowest BCUT2D eigenvalue weighted by molar-refractivity contribution is 0.0942. The Balaban J connectivity index is 2.03. The van der Waals surface area contributed by atoms with Crippen LogP contribution >= 0.6 is 0 Å². The van der Waals surface area contributed by atoms with Gasteiger partial charge < -0.3 is 4.98 Å². The Morgan fingerprint density at radius 3 is 2.52 bits per heavy atom. The molecule has 5 heteroatoms. The SMILES string of the molecule is Cc1cc(C(=O)CN(C)Cc2ccc(F)cc2F)c(C)[nH]1. The topological polar surface area (TPSA) is 36.1 Å². The summed E-state index contributed by atoms with van der Waals surface area (Å²) in [4.78, 5) is 17.0. The average Bonchev–Trinajstić information content (AvgIpc) is 2.72. The van der Waals surface area contributed by atoms with Crippen LogP contribution in [0.15, 0.2) is 24.3 Å². The van der Waals surface area contributed by atoms with Crippen LogP contribution in [0.2, 0.25) is 0 Å². The van der Waals surface area contributed by atoms with E-state index in [1.165, 1.54) is 12.1 Å². The molecule has 0 amide bonds. The Hall–Kier alpha value is -2.01. The van der Waals surface area contributed by atoms with Gasteiger partial charge in [-0.1, -0.05) is 6.07 Å². The van der Waals surface area contributed by atoms with Crippen molar-refractivity contribution in [2.24, 2.45) is 0 Å². The Bertz CT molecular complexity index is 664. The molecule has 0 radical (unpaired) electrons. The molecule has 2 rings (SSSR count). The van der Waals surface area contributed by atoms with E-state index in [-0.39, 0.29) is 18.9 Å². The van der Waals surface area contributed by atoms with Gasteiger partial charge in [0, 0.05) is 35.1 Å². The summed E-state index contributed by atoms with van der Waals surface area (Å²) in [5.74, 6) is -1.22. The molecule has 1 heterocycles. The molecule has 0 saturated carbocycles. The van der Waals surface area contributed by atoms with E-state index in [0.717, 1.165) is 17.5 Å². The summed E-state index contributed by atoms with van der Waals surface area (Å²) in [6.45, 7) is 4.16. The summed E-state index contributed by atoms with van der Waals surface area (Å²) in [6.07, 6.45) is 0. The van der Waals surface area contributed by atoms with Gasteiger partial charge in [0.2, 0.25) is 0 Å². The monoisotopic (exact) mass is 292 g/mol. The molecule has 2 aromatic rings. The molecule has 0 bridgehead atoms. The largest absolute Gasteiger partial charge is 0.362 e. The molecule has 21 heavy (non-hydrogen) atoms. The molecule has 3 nitrogen and oxygen atoms in total. The first-order valence-corrected chi connectivity index (χ1v) is 6.68. The molecule has 0 saturated heterocycles. The minimum atomic E-state index is -0.603. The predicted octanol–water partition coefficient (Wildman–Crippen LogP) is 3.22. The summed E-state index contributed by atoms with van der Waals surface area (Å²) < 4.78 is 26.4. The summed E-state index contributed by atoms with van der Waals surface area (Å²) in [6, 6.07) is 5.28. The van der Waals surface area contributed by atoms with Crippen LogP contribution in [-0.4, -0.2) is 29.3 Å². The van der Waals surface area contributed by atoms with Crippen LogP contribution in [0.4, 0.5) is 8.78 Å². The number of benzene rings is 1. The van der Waals surface area contributed by atoms with Crippen molar-refractivity contribution in [3.63, 3.8) is 0 Å². The molecular formula is C16H18F2N2O. The lowest BCUT2D eigenvalue weighted by Gasteiger charge is -2.16. The van der Waals surface area contributed by atoms with Crippen LogP contribution < -0.4 is 0 Å². The number of Topliss-reactive ketones (excluding diaryl/α,β-unsaturated/α-hetero) is 1. The number of rotatable bonds is 5. The van der Waals surface area contributed by atoms with E-state index in [9.17, 15) is 13.6 Å². The first-order chi connectivity index (χ1) is 9.86. The van der Waals surface area contributed by atoms with Crippen molar-refractivity contribution in [2.75, 3.05) is 13.6 Å². The second kappa shape index (κ2) is 6.18. The fourth-order valence-corrected chi connectivity index (χ4v) is 2.34. The van der Waals surface area contributed by atoms with Crippen molar-refractivity contribution in [2.45, 2.75) is 20.4 Å². The van der Waals surface area contributed by atoms with Gasteiger partial charge in [-0.15, -0.1) is 0 Å². The van der Waals surface area contributed by atoms with Crippen LogP contribution in [-0.2, 0) is 6.54 Å². The highest BCUT2D eigenvalue weighted by atomic mass is 19.1. The first-order valence-electron chi connectivity index (χ1n) is 6.68. The Morgan fingerprint density at radius 2 is 1.95 bits per heavy atom. The lowest BCUT2D eigenvalue weighted by atomic mass is 10.1. The molecule has 1 N–H and O–H groups in total. The smallest absolute Gasteiger partial charge is 0.178 e. The maximum Gasteiger partial charge on any atom is 0.178 e. The van der Waals surface area contributed by atoms with Crippen molar-refractivity contribution in [3.8, 4) is 0 Å². The number of aromatic nitrogens is 1. The number of nitrogens with one attached hydrogen (secondary N) is 1. The normalized spacial score (nSPS) is 11.1. The van der Waals surface area contributed by atoms with Crippen LogP contribution in [0.3, 0.4) is 0 Å². The van der Waals surface area contributed by atoms with Gasteiger partial charge in [0.15, 0.2) is 5.78 Å². The van der Waals surface area contributed by atoms with Gasteiger partial charge in [0.25, 0.3) is 0 Å². The third-order valence-electron chi connectivity index (χ3n) is 3.32. The van der Waals surface area contributed by atoms with E-state index in [4.69, 9.17) is 0 Å². The van der Waals surface area contributed by atoms with Crippen molar-refractivity contribution >= 4 is 5.78 Å². The van der Waals surface area contributed by atoms with E-state index in [1.807, 2.05) is 19.9 Å². The third-order valence-corrected chi connectivity index (χ3v) is 3.32. The maximum atomic E-state index is 13.6. The Morgan fingerprint density at radius 1 is 1.24 bits per heavy atom. The zero-order chi connectivity index (χ0) is 15.6. The molecule has 0 aliphatic carbocycles. The molecular weight excluding hydrogens is 274 g/mol. The quantitative estimate of drug-likeness (QED) is 0.859. The molecule has 0 aliphatic heterocycles. The second-order valence-corrected chi connectivity index (χ2v) is 5.32. The first kappa shape index (κ1) is 15.4. The number of nitrogens with zero attached hydrogens (tertiary/aromatic N) is 1. The second-order valence-electron chi connectivity index (χ2n) is 5.32. The zero-order valence-electron chi connectivity index (χ0n) is 12.3. The zero-order valence-corrected chi connectivity index (χ0v) is 12.3. The van der Waals surface area contributed by atoms with E-state index >= 15 is 0 Å². The summed E-state index contributed by atoms with van der Waals surface area (Å²) >= 11 is 0. The van der Waals surface area contributed by atoms with Crippen LogP contribution in [0, 0.1) is 25.5 Å². The number of carbonyl (C=O) groups excluding carboxylic acids is 1. The standard InChI is InChI=1S/C16H18F2N2O/c1-10-6-14(11(2)19-10)16(21)9-20(3)8-12-4-5-13(17)7-15(12)18/h4-7,19H,8-9H2,1-3H3. The van der Waals surface area contributed by atoms with Gasteiger partial charge in [0.05, 0.1) is 6.54 Å². The van der Waals surface area contributed by atoms with Crippen molar-refractivity contribution < 1.29 is 13.6 Å². The highest BCUT2D eigenvalue weighted by Gasteiger charge is 2.15. The molecule has 1 aromatic carbocycles. The average molecular weight is 292 g/mol. The van der Waals surface area contributed by atoms with E-state index in [2.05, 4.69) is 4.98 Å². The summed E-state index contributed by atoms with van der Waals surface area (Å²) in [5.41, 5.74) is 2.79. The molecule has 0 spiro atoms. The van der Waals surface area contributed by atoms with Crippen LogP contribution in [0.1, 0.15) is 27.3 Å². The van der Waals surface area contributed by atoms with Gasteiger partial charge in [-0.3, -0.25) is 9.69 Å². The molecule has 0 atom stereocenters. The minimum absolute atomic E-state index is 0.0260. The lowest BCUT2D eigenvalue weighted by Crippen LogP contribution is -2.26. The minimum Gasteiger partial charge on any atom is -0.362 e. The summed E-state index contributed by atoms with van der Waals surface area (Å²) in [7, 11) is 1.73. The van der Waals surface area contributed by atoms with Gasteiger partial charge in [0.1, 0.15) is 11.6 Å². The highest BCUT2D eigenvalue weighted by molar-refractivity contribution is 5.98. The third kappa shape index (κ3) is 3.76. The number of hydrogen-bond donors (Lipinski definition) is 1. The molecule has 0 aliphatic rings. The number of likely N-dealkylation sites (N-methyl/N-ethyl adjacent to an activating group) is 1. The Kier molecular flexibility index (Phi) is 4.53. The molecule has 112 valence electrons. The maximum absolute atomic E-state index is 13.6. The molecule has 0 fully saturated rings. The number of aromatic amines is 1. The number of hydrogen-bond acceptors (Lipinski definition) is 2. The number of carbonyl (C=O) groups is 1. The number of aryl methyl sites for hydroxylation is 2. The fraction of sp³-hybridized carbons (Fsp3) is 0.312. The summed E-state index contributed by atoms with van der Waals surface area (Å²) in [5, 5.41) is 0. The van der Waals surface area contributed by atoms with Crippen molar-refractivity contribution in [1.82, 2.24) is 9.88 Å². The van der Waals surface area contributed by atoms with Gasteiger partial charge in [-0.2, -0.15) is 0 Å². The fourth-order valence-electron chi connectivity index (χ4n) is 2.34. The van der Waals surface area contributed by atoms with Crippen molar-refractivity contribution in [3.05, 3.63) is 58.4 Å². The van der Waals surface area contributed by atoms with E-state index in [0.29, 0.717) is 11.1 Å². The molecule has 1 aromatic heterocycles. The van der Waals surface area contributed by atoms with Gasteiger partial charge in [-0.05, 0) is 33.0 Å². The van der Waals surface area contributed by atoms with Gasteiger partial charge >= 0.3 is 0 Å².